The number of hydrogen-bond acceptors (Lipinski definition) is 6. The van der Waals surface area contributed by atoms with Gasteiger partial charge in [0.05, 0.1) is 11.4 Å². The van der Waals surface area contributed by atoms with E-state index in [9.17, 15) is 9.59 Å². The van der Waals surface area contributed by atoms with Crippen LogP contribution in [0.2, 0.25) is 0 Å². The molecule has 0 saturated carbocycles. The molecule has 146 valence electrons. The van der Waals surface area contributed by atoms with Gasteiger partial charge in [-0.1, -0.05) is 24.3 Å². The van der Waals surface area contributed by atoms with E-state index in [1.54, 1.807) is 0 Å². The van der Waals surface area contributed by atoms with Crippen molar-refractivity contribution >= 4 is 22.9 Å². The first-order valence-electron chi connectivity index (χ1n) is 9.32. The van der Waals surface area contributed by atoms with Crippen molar-refractivity contribution in [2.45, 2.75) is 19.9 Å². The van der Waals surface area contributed by atoms with Crippen LogP contribution < -0.4 is 10.7 Å². The van der Waals surface area contributed by atoms with E-state index >= 15 is 0 Å². The number of thiophene rings is 1. The molecule has 28 heavy (non-hydrogen) atoms. The number of nitrogens with zero attached hydrogens (tertiary/aromatic N) is 4. The largest absolute Gasteiger partial charge is 0.437 e. The number of carbonyl (C=O) groups is 1. The fourth-order valence-corrected chi connectivity index (χ4v) is 4.07. The standard InChI is InChI=1S/C20H22N4O3S/c1-15-5-2-3-6-16(15)22-10-12-23(13-11-22)18(25)8-9-24-20(26)27-19(21-24)17-7-4-14-28-17/h2-7,14H,8-13H2,1H3. The maximum absolute atomic E-state index is 12.6. The van der Waals surface area contributed by atoms with Crippen molar-refractivity contribution in [1.29, 1.82) is 0 Å². The Morgan fingerprint density at radius 3 is 2.64 bits per heavy atom. The molecule has 8 heteroatoms. The van der Waals surface area contributed by atoms with E-state index in [1.165, 1.54) is 27.3 Å². The average molecular weight is 398 g/mol. The third-order valence-corrected chi connectivity index (χ3v) is 5.82. The molecule has 0 N–H and O–H groups in total. The first-order valence-corrected chi connectivity index (χ1v) is 10.2. The van der Waals surface area contributed by atoms with Crippen LogP contribution >= 0.6 is 11.3 Å². The number of amides is 1. The van der Waals surface area contributed by atoms with Crippen LogP contribution in [0.1, 0.15) is 12.0 Å². The summed E-state index contributed by atoms with van der Waals surface area (Å²) in [6, 6.07) is 12.0. The lowest BCUT2D eigenvalue weighted by Gasteiger charge is -2.36. The lowest BCUT2D eigenvalue weighted by molar-refractivity contribution is -0.131. The number of anilines is 1. The van der Waals surface area contributed by atoms with Crippen LogP contribution in [0, 0.1) is 6.92 Å². The molecule has 0 unspecified atom stereocenters. The van der Waals surface area contributed by atoms with Gasteiger partial charge in [0.15, 0.2) is 0 Å². The van der Waals surface area contributed by atoms with Gasteiger partial charge in [0.2, 0.25) is 5.91 Å². The van der Waals surface area contributed by atoms with E-state index in [4.69, 9.17) is 4.42 Å². The predicted octanol–water partition coefficient (Wildman–Crippen LogP) is 2.61. The number of carbonyl (C=O) groups excluding carboxylic acids is 1. The van der Waals surface area contributed by atoms with Crippen molar-refractivity contribution in [1.82, 2.24) is 14.7 Å². The number of rotatable bonds is 5. The molecule has 3 heterocycles. The second-order valence-corrected chi connectivity index (χ2v) is 7.73. The van der Waals surface area contributed by atoms with Crippen LogP contribution in [-0.2, 0) is 11.3 Å². The SMILES string of the molecule is Cc1ccccc1N1CCN(C(=O)CCn2nc(-c3cccs3)oc2=O)CC1. The van der Waals surface area contributed by atoms with Gasteiger partial charge in [-0.25, -0.2) is 4.79 Å². The second kappa shape index (κ2) is 8.02. The van der Waals surface area contributed by atoms with E-state index < -0.39 is 5.76 Å². The fourth-order valence-electron chi connectivity index (χ4n) is 3.42. The minimum absolute atomic E-state index is 0.0389. The third kappa shape index (κ3) is 3.87. The minimum Gasteiger partial charge on any atom is -0.387 e. The molecule has 1 saturated heterocycles. The molecule has 4 rings (SSSR count). The van der Waals surface area contributed by atoms with E-state index in [-0.39, 0.29) is 18.9 Å². The Balaban J connectivity index is 1.32. The van der Waals surface area contributed by atoms with E-state index in [0.717, 1.165) is 18.0 Å². The zero-order valence-corrected chi connectivity index (χ0v) is 16.5. The molecule has 1 aliphatic heterocycles. The lowest BCUT2D eigenvalue weighted by atomic mass is 10.1. The summed E-state index contributed by atoms with van der Waals surface area (Å²) in [5.74, 6) is -0.183. The summed E-state index contributed by atoms with van der Waals surface area (Å²) >= 11 is 1.46. The molecular formula is C20H22N4O3S. The molecule has 3 aromatic rings. The molecular weight excluding hydrogens is 376 g/mol. The zero-order valence-electron chi connectivity index (χ0n) is 15.7. The van der Waals surface area contributed by atoms with Crippen LogP contribution in [0.5, 0.6) is 0 Å². The molecule has 7 nitrogen and oxygen atoms in total. The van der Waals surface area contributed by atoms with Crippen LogP contribution in [-0.4, -0.2) is 46.8 Å². The van der Waals surface area contributed by atoms with E-state index in [1.807, 2.05) is 34.5 Å². The summed E-state index contributed by atoms with van der Waals surface area (Å²) in [7, 11) is 0. The van der Waals surface area contributed by atoms with Crippen molar-refractivity contribution in [3.05, 3.63) is 57.9 Å². The molecule has 0 atom stereocenters. The summed E-state index contributed by atoms with van der Waals surface area (Å²) in [5.41, 5.74) is 2.47. The molecule has 1 fully saturated rings. The Morgan fingerprint density at radius 2 is 1.93 bits per heavy atom. The van der Waals surface area contributed by atoms with Gasteiger partial charge in [0.1, 0.15) is 0 Å². The second-order valence-electron chi connectivity index (χ2n) is 6.78. The van der Waals surface area contributed by atoms with Gasteiger partial charge in [-0.3, -0.25) is 4.79 Å². The monoisotopic (exact) mass is 398 g/mol. The molecule has 0 bridgehead atoms. The minimum atomic E-state index is -0.527. The van der Waals surface area contributed by atoms with Gasteiger partial charge in [0, 0.05) is 38.3 Å². The molecule has 1 aromatic carbocycles. The fraction of sp³-hybridized carbons (Fsp3) is 0.350. The van der Waals surface area contributed by atoms with Crippen molar-refractivity contribution in [3.8, 4) is 10.8 Å². The maximum atomic E-state index is 12.6. The predicted molar refractivity (Wildman–Crippen MR) is 109 cm³/mol. The number of piperazine rings is 1. The van der Waals surface area contributed by atoms with E-state index in [0.29, 0.717) is 19.0 Å². The lowest BCUT2D eigenvalue weighted by Crippen LogP contribution is -2.49. The van der Waals surface area contributed by atoms with Crippen LogP contribution in [0.15, 0.2) is 51.0 Å². The highest BCUT2D eigenvalue weighted by molar-refractivity contribution is 7.13. The van der Waals surface area contributed by atoms with Crippen molar-refractivity contribution in [2.75, 3.05) is 31.1 Å². The maximum Gasteiger partial charge on any atom is 0.437 e. The van der Waals surface area contributed by atoms with E-state index in [2.05, 4.69) is 29.1 Å². The highest BCUT2D eigenvalue weighted by Crippen LogP contribution is 2.22. The topological polar surface area (TPSA) is 71.6 Å². The van der Waals surface area contributed by atoms with Gasteiger partial charge in [0.25, 0.3) is 5.89 Å². The first kappa shape index (κ1) is 18.5. The molecule has 1 aliphatic rings. The molecule has 0 aliphatic carbocycles. The molecule has 2 aromatic heterocycles. The Morgan fingerprint density at radius 1 is 1.14 bits per heavy atom. The summed E-state index contributed by atoms with van der Waals surface area (Å²) in [6.07, 6.45) is 0.237. The summed E-state index contributed by atoms with van der Waals surface area (Å²) in [4.78, 5) is 29.5. The van der Waals surface area contributed by atoms with Crippen LogP contribution in [0.3, 0.4) is 0 Å². The highest BCUT2D eigenvalue weighted by atomic mass is 32.1. The van der Waals surface area contributed by atoms with Crippen LogP contribution in [0.25, 0.3) is 10.8 Å². The number of benzene rings is 1. The number of hydrogen-bond donors (Lipinski definition) is 0. The smallest absolute Gasteiger partial charge is 0.387 e. The third-order valence-electron chi connectivity index (χ3n) is 4.96. The van der Waals surface area contributed by atoms with Gasteiger partial charge in [-0.2, -0.15) is 4.68 Å². The first-order chi connectivity index (χ1) is 13.6. The molecule has 1 amide bonds. The quantitative estimate of drug-likeness (QED) is 0.661. The molecule has 0 radical (unpaired) electrons. The van der Waals surface area contributed by atoms with Crippen LogP contribution in [0.4, 0.5) is 5.69 Å². The number of aryl methyl sites for hydroxylation is 2. The number of aromatic nitrogens is 2. The summed E-state index contributed by atoms with van der Waals surface area (Å²) < 4.78 is 6.42. The zero-order chi connectivity index (χ0) is 19.5. The Hall–Kier alpha value is -2.87. The Kier molecular flexibility index (Phi) is 5.29. The van der Waals surface area contributed by atoms with Gasteiger partial charge in [-0.05, 0) is 30.0 Å². The van der Waals surface area contributed by atoms with Gasteiger partial charge < -0.3 is 14.2 Å². The molecule has 0 spiro atoms. The van der Waals surface area contributed by atoms with Gasteiger partial charge in [-0.15, -0.1) is 16.4 Å². The van der Waals surface area contributed by atoms with Crippen molar-refractivity contribution in [2.24, 2.45) is 0 Å². The van der Waals surface area contributed by atoms with Crippen molar-refractivity contribution < 1.29 is 9.21 Å². The summed E-state index contributed by atoms with van der Waals surface area (Å²) in [5, 5.41) is 6.10. The Labute approximate surface area is 166 Å². The highest BCUT2D eigenvalue weighted by Gasteiger charge is 2.22. The van der Waals surface area contributed by atoms with Gasteiger partial charge >= 0.3 is 5.76 Å². The average Bonchev–Trinajstić information content (AvgIpc) is 3.36. The summed E-state index contributed by atoms with van der Waals surface area (Å²) in [6.45, 7) is 5.31. The normalized spacial score (nSPS) is 14.5. The van der Waals surface area contributed by atoms with Crippen molar-refractivity contribution in [3.63, 3.8) is 0 Å². The number of para-hydroxylation sites is 1. The Bertz CT molecular complexity index is 1000.